The highest BCUT2D eigenvalue weighted by atomic mass is 17.4. The molecule has 0 radical (unpaired) electrons. The van der Waals surface area contributed by atoms with Crippen molar-refractivity contribution in [2.45, 2.75) is 27.3 Å². The Morgan fingerprint density at radius 3 is 1.71 bits per heavy atom. The van der Waals surface area contributed by atoms with E-state index in [4.69, 9.17) is 10.5 Å². The first-order chi connectivity index (χ1) is 8.17. The van der Waals surface area contributed by atoms with Gasteiger partial charge in [-0.1, -0.05) is 35.4 Å². The number of hydrogen-bond donors (Lipinski definition) is 2. The van der Waals surface area contributed by atoms with E-state index in [9.17, 15) is 0 Å². The molecule has 4 heteroatoms. The largest absolute Gasteiger partial charge is 0.321 e. The number of nitrogens with zero attached hydrogens (tertiary/aromatic N) is 1. The average Bonchev–Trinajstić information content (AvgIpc) is 2.38. The molecule has 4 nitrogen and oxygen atoms in total. The molecule has 0 bridgehead atoms. The molecule has 0 aliphatic rings. The van der Waals surface area contributed by atoms with E-state index in [0.29, 0.717) is 0 Å². The van der Waals surface area contributed by atoms with Crippen LogP contribution in [0.5, 0.6) is 0 Å². The van der Waals surface area contributed by atoms with E-state index in [1.165, 1.54) is 36.2 Å². The summed E-state index contributed by atoms with van der Waals surface area (Å²) in [7, 11) is 0. The molecule has 2 N–H and O–H groups in total. The Kier molecular flexibility index (Phi) is 8.62. The van der Waals surface area contributed by atoms with E-state index in [1.54, 1.807) is 0 Å². The van der Waals surface area contributed by atoms with E-state index in [0.717, 1.165) is 0 Å². The molecule has 1 aromatic carbocycles. The van der Waals surface area contributed by atoms with Gasteiger partial charge >= 0.3 is 0 Å². The zero-order valence-corrected chi connectivity index (χ0v) is 11.0. The minimum Gasteiger partial charge on any atom is -0.321 e. The molecule has 0 unspecified atom stereocenters. The highest BCUT2D eigenvalue weighted by Gasteiger charge is 2.20. The molecular formula is C13H24NO3+. The molecule has 0 aliphatic carbocycles. The van der Waals surface area contributed by atoms with Crippen LogP contribution in [0.3, 0.4) is 0 Å². The number of hydrogen-bond acceptors (Lipinski definition) is 3. The summed E-state index contributed by atoms with van der Waals surface area (Å²) in [6, 6.07) is 10.8. The van der Waals surface area contributed by atoms with Gasteiger partial charge in [0.05, 0.1) is 19.6 Å². The van der Waals surface area contributed by atoms with Gasteiger partial charge in [-0.15, -0.1) is 0 Å². The lowest BCUT2D eigenvalue weighted by Gasteiger charge is -2.35. The predicted molar refractivity (Wildman–Crippen MR) is 68.4 cm³/mol. The van der Waals surface area contributed by atoms with E-state index < -0.39 is 0 Å². The molecule has 17 heavy (non-hydrogen) atoms. The van der Waals surface area contributed by atoms with Crippen LogP contribution in [0, 0.1) is 0 Å². The van der Waals surface area contributed by atoms with E-state index in [-0.39, 0.29) is 0 Å². The van der Waals surface area contributed by atoms with Gasteiger partial charge in [0, 0.05) is 5.56 Å². The smallest absolute Gasteiger partial charge is 0.104 e. The van der Waals surface area contributed by atoms with Crippen LogP contribution < -0.4 is 0 Å². The Bertz CT molecular complexity index is 265. The fraction of sp³-hybridized carbons (Fsp3) is 0.538. The summed E-state index contributed by atoms with van der Waals surface area (Å²) in [4.78, 5) is 0. The highest BCUT2D eigenvalue weighted by molar-refractivity contribution is 5.13. The molecule has 0 aliphatic heterocycles. The van der Waals surface area contributed by atoms with Crippen molar-refractivity contribution in [3.05, 3.63) is 35.9 Å². The second kappa shape index (κ2) is 9.13. The quantitative estimate of drug-likeness (QED) is 0.474. The van der Waals surface area contributed by atoms with Gasteiger partial charge in [-0.2, -0.15) is 0 Å². The Morgan fingerprint density at radius 1 is 0.941 bits per heavy atom. The molecule has 0 saturated heterocycles. The maximum atomic E-state index is 6.62. The molecular weight excluding hydrogens is 218 g/mol. The van der Waals surface area contributed by atoms with Crippen molar-refractivity contribution < 1.29 is 20.0 Å². The summed E-state index contributed by atoms with van der Waals surface area (Å²) < 4.78 is 1.20. The first-order valence-electron chi connectivity index (χ1n) is 6.02. The molecule has 0 amide bonds. The van der Waals surface area contributed by atoms with Crippen LogP contribution in [0.4, 0.5) is 0 Å². The number of quaternary nitrogens is 1. The zero-order chi connectivity index (χ0) is 13.1. The maximum Gasteiger partial charge on any atom is 0.104 e. The summed E-state index contributed by atoms with van der Waals surface area (Å²) in [5.74, 6) is 0. The van der Waals surface area contributed by atoms with Crippen LogP contribution in [-0.4, -0.2) is 34.6 Å². The van der Waals surface area contributed by atoms with Gasteiger partial charge < -0.3 is 4.48 Å². The summed E-state index contributed by atoms with van der Waals surface area (Å²) in [6.45, 7) is 11.7. The van der Waals surface area contributed by atoms with Gasteiger partial charge in [-0.25, -0.2) is 10.5 Å². The lowest BCUT2D eigenvalue weighted by molar-refractivity contribution is -0.936. The molecule has 1 rings (SSSR count). The van der Waals surface area contributed by atoms with Gasteiger partial charge in [-0.05, 0) is 20.8 Å². The second-order valence-electron chi connectivity index (χ2n) is 4.02. The molecule has 0 atom stereocenters. The van der Waals surface area contributed by atoms with Gasteiger partial charge in [0.15, 0.2) is 0 Å². The minimum absolute atomic E-state index is 1.17. The third-order valence-corrected chi connectivity index (χ3v) is 3.37. The monoisotopic (exact) mass is 242 g/mol. The summed E-state index contributed by atoms with van der Waals surface area (Å²) in [6.07, 6.45) is 0. The molecule has 0 spiro atoms. The Hall–Kier alpha value is -0.940. The topological polar surface area (TPSA) is 49.7 Å². The third kappa shape index (κ3) is 5.79. The predicted octanol–water partition coefficient (Wildman–Crippen LogP) is 3.01. The van der Waals surface area contributed by atoms with Crippen molar-refractivity contribution in [1.29, 1.82) is 0 Å². The van der Waals surface area contributed by atoms with Crippen molar-refractivity contribution in [1.82, 2.24) is 0 Å². The molecule has 0 fully saturated rings. The van der Waals surface area contributed by atoms with Crippen molar-refractivity contribution in [3.63, 3.8) is 0 Å². The van der Waals surface area contributed by atoms with Crippen LogP contribution in [0.15, 0.2) is 30.3 Å². The average molecular weight is 242 g/mol. The van der Waals surface area contributed by atoms with E-state index >= 15 is 0 Å². The Labute approximate surface area is 104 Å². The lowest BCUT2D eigenvalue weighted by Crippen LogP contribution is -2.46. The molecule has 98 valence electrons. The number of rotatable bonds is 5. The fourth-order valence-electron chi connectivity index (χ4n) is 1.98. The lowest BCUT2D eigenvalue weighted by atomic mass is 10.2. The molecule has 0 aromatic heterocycles. The van der Waals surface area contributed by atoms with Crippen LogP contribution in [0.2, 0.25) is 0 Å². The van der Waals surface area contributed by atoms with Gasteiger partial charge in [-0.3, -0.25) is 0 Å². The van der Waals surface area contributed by atoms with Crippen LogP contribution in [0.1, 0.15) is 26.3 Å². The maximum absolute atomic E-state index is 6.62. The van der Waals surface area contributed by atoms with Gasteiger partial charge in [0.1, 0.15) is 6.54 Å². The van der Waals surface area contributed by atoms with Crippen molar-refractivity contribution in [3.8, 4) is 0 Å². The van der Waals surface area contributed by atoms with Gasteiger partial charge in [0.25, 0.3) is 0 Å². The summed E-state index contributed by atoms with van der Waals surface area (Å²) in [5, 5.41) is 15.5. The first kappa shape index (κ1) is 16.1. The van der Waals surface area contributed by atoms with Crippen molar-refractivity contribution >= 4 is 0 Å². The second-order valence-corrected chi connectivity index (χ2v) is 4.02. The summed E-state index contributed by atoms with van der Waals surface area (Å²) in [5.41, 5.74) is 1.46. The van der Waals surface area contributed by atoms with Crippen molar-refractivity contribution in [2.24, 2.45) is 0 Å². The van der Waals surface area contributed by atoms with Gasteiger partial charge in [0.2, 0.25) is 0 Å². The minimum atomic E-state index is 1.17. The van der Waals surface area contributed by atoms with Crippen LogP contribution >= 0.6 is 0 Å². The highest BCUT2D eigenvalue weighted by Crippen LogP contribution is 2.13. The van der Waals surface area contributed by atoms with Crippen LogP contribution in [0.25, 0.3) is 0 Å². The zero-order valence-electron chi connectivity index (χ0n) is 11.0. The third-order valence-electron chi connectivity index (χ3n) is 3.37. The van der Waals surface area contributed by atoms with Crippen LogP contribution in [-0.2, 0) is 11.6 Å². The Morgan fingerprint density at radius 2 is 1.35 bits per heavy atom. The SMILES string of the molecule is CC[N+](CC)(CC)Cc1ccccc1.OOO. The molecule has 1 aromatic rings. The normalized spacial score (nSPS) is 10.6. The fourth-order valence-corrected chi connectivity index (χ4v) is 1.98. The first-order valence-corrected chi connectivity index (χ1v) is 6.02. The standard InChI is InChI=1S/C13H22N.H2O3/c1-4-14(5-2,6-3)12-13-10-8-7-9-11-13;1-3-2/h7-11H,4-6,12H2,1-3H3;1-2H/q+1;. The van der Waals surface area contributed by atoms with Crippen molar-refractivity contribution in [2.75, 3.05) is 19.6 Å². The Balaban J connectivity index is 0.000000770. The van der Waals surface area contributed by atoms with E-state index in [1.807, 2.05) is 0 Å². The summed E-state index contributed by atoms with van der Waals surface area (Å²) >= 11 is 0. The number of benzene rings is 1. The molecule has 0 saturated carbocycles. The molecule has 0 heterocycles. The van der Waals surface area contributed by atoms with E-state index in [2.05, 4.69) is 56.1 Å².